The van der Waals surface area contributed by atoms with Gasteiger partial charge in [-0.25, -0.2) is 9.40 Å². The summed E-state index contributed by atoms with van der Waals surface area (Å²) in [6.45, 7) is 0.169. The lowest BCUT2D eigenvalue weighted by atomic mass is 10.1. The summed E-state index contributed by atoms with van der Waals surface area (Å²) in [6, 6.07) is 19.6. The summed E-state index contributed by atoms with van der Waals surface area (Å²) in [6.07, 6.45) is -0.570. The van der Waals surface area contributed by atoms with Crippen molar-refractivity contribution >= 4 is 28.5 Å². The summed E-state index contributed by atoms with van der Waals surface area (Å²) in [5, 5.41) is 11.0. The van der Waals surface area contributed by atoms with Crippen molar-refractivity contribution in [1.29, 1.82) is 0 Å². The maximum absolute atomic E-state index is 14.1. The third-order valence-electron chi connectivity index (χ3n) is 5.53. The highest BCUT2D eigenvalue weighted by atomic mass is 32.2. The SMILES string of the molecule is O=C1NC(SCc2ccccc2F)=NN2C1=c1ccccc1=N[C@H]2c1ccc2c(c1)OCO2. The molecule has 7 nitrogen and oxygen atoms in total. The summed E-state index contributed by atoms with van der Waals surface area (Å²) in [5.74, 6) is 1.05. The van der Waals surface area contributed by atoms with Crippen molar-refractivity contribution in [1.82, 2.24) is 10.3 Å². The second-order valence-corrected chi connectivity index (χ2v) is 8.53. The van der Waals surface area contributed by atoms with Gasteiger partial charge in [0.2, 0.25) is 6.79 Å². The van der Waals surface area contributed by atoms with Gasteiger partial charge in [0.25, 0.3) is 5.91 Å². The Morgan fingerprint density at radius 2 is 1.88 bits per heavy atom. The highest BCUT2D eigenvalue weighted by Gasteiger charge is 2.35. The number of thioether (sulfide) groups is 1. The molecular weight excluding hydrogens is 443 g/mol. The van der Waals surface area contributed by atoms with Gasteiger partial charge in [-0.1, -0.05) is 54.2 Å². The Kier molecular flexibility index (Phi) is 4.76. The molecule has 1 atom stereocenters. The van der Waals surface area contributed by atoms with Crippen LogP contribution in [0.5, 0.6) is 11.5 Å². The van der Waals surface area contributed by atoms with E-state index in [0.29, 0.717) is 44.3 Å². The Balaban J connectivity index is 1.42. The molecule has 3 aliphatic heterocycles. The average Bonchev–Trinajstić information content (AvgIpc) is 3.31. The largest absolute Gasteiger partial charge is 0.454 e. The summed E-state index contributed by atoms with van der Waals surface area (Å²) in [4.78, 5) is 18.1. The molecule has 3 heterocycles. The van der Waals surface area contributed by atoms with Crippen molar-refractivity contribution in [2.75, 3.05) is 6.79 Å². The molecule has 0 bridgehead atoms. The molecule has 1 N–H and O–H groups in total. The van der Waals surface area contributed by atoms with Crippen LogP contribution >= 0.6 is 11.8 Å². The van der Waals surface area contributed by atoms with Crippen molar-refractivity contribution in [3.63, 3.8) is 0 Å². The van der Waals surface area contributed by atoms with E-state index in [4.69, 9.17) is 19.6 Å². The van der Waals surface area contributed by atoms with E-state index in [9.17, 15) is 9.18 Å². The predicted molar refractivity (Wildman–Crippen MR) is 121 cm³/mol. The maximum Gasteiger partial charge on any atom is 0.276 e. The van der Waals surface area contributed by atoms with E-state index in [1.807, 2.05) is 42.5 Å². The lowest BCUT2D eigenvalue weighted by molar-refractivity contribution is -0.116. The number of para-hydroxylation sites is 1. The first kappa shape index (κ1) is 19.8. The Morgan fingerprint density at radius 1 is 1.06 bits per heavy atom. The normalized spacial score (nSPS) is 18.2. The number of hydrazone groups is 1. The number of nitrogens with zero attached hydrogens (tertiary/aromatic N) is 3. The third kappa shape index (κ3) is 3.50. The fourth-order valence-electron chi connectivity index (χ4n) is 3.94. The van der Waals surface area contributed by atoms with E-state index < -0.39 is 6.17 Å². The van der Waals surface area contributed by atoms with Gasteiger partial charge in [-0.15, -0.1) is 5.10 Å². The van der Waals surface area contributed by atoms with Gasteiger partial charge in [-0.05, 0) is 29.8 Å². The van der Waals surface area contributed by atoms with Gasteiger partial charge in [0.15, 0.2) is 22.8 Å². The van der Waals surface area contributed by atoms with Crippen LogP contribution in [0.1, 0.15) is 17.3 Å². The van der Waals surface area contributed by atoms with E-state index in [-0.39, 0.29) is 18.5 Å². The van der Waals surface area contributed by atoms with Crippen LogP contribution in [0.15, 0.2) is 76.8 Å². The van der Waals surface area contributed by atoms with Crippen LogP contribution in [0.3, 0.4) is 0 Å². The van der Waals surface area contributed by atoms with Crippen LogP contribution in [0.25, 0.3) is 5.70 Å². The van der Waals surface area contributed by atoms with Gasteiger partial charge in [-0.3, -0.25) is 15.1 Å². The zero-order valence-corrected chi connectivity index (χ0v) is 18.0. The van der Waals surface area contributed by atoms with E-state index in [0.717, 1.165) is 5.56 Å². The van der Waals surface area contributed by atoms with Crippen LogP contribution in [-0.4, -0.2) is 22.9 Å². The molecule has 0 aliphatic carbocycles. The van der Waals surface area contributed by atoms with Gasteiger partial charge >= 0.3 is 0 Å². The fraction of sp³-hybridized carbons (Fsp3) is 0.125. The molecule has 0 fully saturated rings. The van der Waals surface area contributed by atoms with Gasteiger partial charge in [0.1, 0.15) is 11.5 Å². The second-order valence-electron chi connectivity index (χ2n) is 7.57. The molecule has 164 valence electrons. The second kappa shape index (κ2) is 7.93. The number of hydrogen-bond donors (Lipinski definition) is 1. The number of ether oxygens (including phenoxy) is 2. The quantitative estimate of drug-likeness (QED) is 0.651. The summed E-state index contributed by atoms with van der Waals surface area (Å²) in [5.41, 5.74) is 1.76. The van der Waals surface area contributed by atoms with Crippen LogP contribution < -0.4 is 25.4 Å². The minimum absolute atomic E-state index is 0.169. The van der Waals surface area contributed by atoms with Crippen LogP contribution in [0, 0.1) is 5.82 Å². The van der Waals surface area contributed by atoms with Crippen molar-refractivity contribution < 1.29 is 18.7 Å². The van der Waals surface area contributed by atoms with E-state index in [2.05, 4.69) is 5.32 Å². The van der Waals surface area contributed by atoms with Gasteiger partial charge in [-0.2, -0.15) is 0 Å². The summed E-state index contributed by atoms with van der Waals surface area (Å²) < 4.78 is 25.0. The van der Waals surface area contributed by atoms with Crippen LogP contribution in [0.2, 0.25) is 0 Å². The van der Waals surface area contributed by atoms with Gasteiger partial charge in [0.05, 0.1) is 5.36 Å². The minimum atomic E-state index is -0.570. The zero-order valence-electron chi connectivity index (χ0n) is 17.2. The first-order valence-electron chi connectivity index (χ1n) is 10.3. The molecular formula is C24H17FN4O3S. The Labute approximate surface area is 192 Å². The number of amides is 1. The van der Waals surface area contributed by atoms with Crippen molar-refractivity contribution in [3.05, 3.63) is 94.3 Å². The fourth-order valence-corrected chi connectivity index (χ4v) is 4.78. The standard InChI is InChI=1S/C24H17FN4O3S/c25-17-7-3-1-5-15(17)12-33-24-27-23(30)21-16-6-2-4-8-18(16)26-22(29(21)28-24)14-9-10-19-20(11-14)32-13-31-19/h1-11,22H,12-13H2,(H,27,28,30)/t22-/m1/s1. The van der Waals surface area contributed by atoms with Crippen LogP contribution in [0.4, 0.5) is 4.39 Å². The highest BCUT2D eigenvalue weighted by Crippen LogP contribution is 2.38. The van der Waals surface area contributed by atoms with Crippen molar-refractivity contribution in [2.45, 2.75) is 11.9 Å². The molecule has 0 saturated heterocycles. The maximum atomic E-state index is 14.1. The van der Waals surface area contributed by atoms with E-state index >= 15 is 0 Å². The summed E-state index contributed by atoms with van der Waals surface area (Å²) >= 11 is 1.26. The average molecular weight is 460 g/mol. The first-order valence-corrected chi connectivity index (χ1v) is 11.3. The minimum Gasteiger partial charge on any atom is -0.454 e. The lowest BCUT2D eigenvalue weighted by Crippen LogP contribution is -2.50. The molecule has 1 amide bonds. The van der Waals surface area contributed by atoms with E-state index in [1.165, 1.54) is 17.8 Å². The third-order valence-corrected chi connectivity index (χ3v) is 6.44. The molecule has 3 aliphatic rings. The molecule has 9 heteroatoms. The topological polar surface area (TPSA) is 75.5 Å². The highest BCUT2D eigenvalue weighted by molar-refractivity contribution is 8.13. The van der Waals surface area contributed by atoms with Gasteiger partial charge < -0.3 is 9.47 Å². The molecule has 3 aromatic rings. The number of amidine groups is 1. The smallest absolute Gasteiger partial charge is 0.276 e. The number of carbonyl (C=O) groups excluding carboxylic acids is 1. The molecule has 6 rings (SSSR count). The van der Waals surface area contributed by atoms with E-state index in [1.54, 1.807) is 23.2 Å². The molecule has 3 aromatic carbocycles. The Morgan fingerprint density at radius 3 is 2.79 bits per heavy atom. The zero-order chi connectivity index (χ0) is 22.4. The molecule has 33 heavy (non-hydrogen) atoms. The number of carbonyl (C=O) groups is 1. The number of rotatable bonds is 3. The first-order chi connectivity index (χ1) is 16.2. The number of nitrogens with one attached hydrogen (secondary N) is 1. The van der Waals surface area contributed by atoms with Crippen LogP contribution in [-0.2, 0) is 10.5 Å². The predicted octanol–water partition coefficient (Wildman–Crippen LogP) is 2.63. The molecule has 0 saturated carbocycles. The number of halogens is 1. The number of hydrogen-bond acceptors (Lipinski definition) is 7. The Hall–Kier alpha value is -3.85. The number of benzene rings is 3. The molecule has 0 unspecified atom stereocenters. The summed E-state index contributed by atoms with van der Waals surface area (Å²) in [7, 11) is 0. The molecule has 0 radical (unpaired) electrons. The molecule has 0 spiro atoms. The monoisotopic (exact) mass is 460 g/mol. The van der Waals surface area contributed by atoms with Gasteiger partial charge in [0, 0.05) is 16.5 Å². The Bertz CT molecular complexity index is 1440. The number of fused-ring (bicyclic) bond motifs is 3. The van der Waals surface area contributed by atoms with Crippen molar-refractivity contribution in [3.8, 4) is 11.5 Å². The molecule has 0 aromatic heterocycles. The lowest BCUT2D eigenvalue weighted by Gasteiger charge is -2.34. The van der Waals surface area contributed by atoms with Crippen molar-refractivity contribution in [2.24, 2.45) is 10.1 Å².